The summed E-state index contributed by atoms with van der Waals surface area (Å²) in [7, 11) is 0. The number of nitrogens with zero attached hydrogens (tertiary/aromatic N) is 1. The quantitative estimate of drug-likeness (QED) is 0.792. The van der Waals surface area contributed by atoms with E-state index < -0.39 is 0 Å². The van der Waals surface area contributed by atoms with Gasteiger partial charge in [-0.2, -0.15) is 0 Å². The van der Waals surface area contributed by atoms with E-state index in [0.29, 0.717) is 0 Å². The van der Waals surface area contributed by atoms with Gasteiger partial charge in [0.05, 0.1) is 5.69 Å². The molecule has 0 saturated carbocycles. The Morgan fingerprint density at radius 1 is 1.43 bits per heavy atom. The van der Waals surface area contributed by atoms with E-state index in [1.54, 1.807) is 6.20 Å². The van der Waals surface area contributed by atoms with Crippen molar-refractivity contribution in [1.29, 1.82) is 0 Å². The summed E-state index contributed by atoms with van der Waals surface area (Å²) >= 11 is 0. The van der Waals surface area contributed by atoms with Crippen molar-refractivity contribution in [2.24, 2.45) is 5.73 Å². The minimum atomic E-state index is -0.0749. The highest BCUT2D eigenvalue weighted by molar-refractivity contribution is 5.43. The van der Waals surface area contributed by atoms with Crippen LogP contribution in [0.4, 0.5) is 0 Å². The average molecular weight is 190 g/mol. The molecule has 2 heteroatoms. The highest BCUT2D eigenvalue weighted by atomic mass is 14.7. The van der Waals surface area contributed by atoms with Crippen molar-refractivity contribution in [2.45, 2.75) is 32.2 Å². The zero-order valence-corrected chi connectivity index (χ0v) is 8.90. The number of aromatic nitrogens is 1. The number of hydrogen-bond donors (Lipinski definition) is 1. The van der Waals surface area contributed by atoms with Crippen LogP contribution in [0.25, 0.3) is 6.08 Å². The van der Waals surface area contributed by atoms with Crippen LogP contribution in [0.2, 0.25) is 0 Å². The molecular weight excluding hydrogens is 172 g/mol. The van der Waals surface area contributed by atoms with Crippen LogP contribution in [0.15, 0.2) is 30.5 Å². The molecule has 1 rings (SSSR count). The van der Waals surface area contributed by atoms with Gasteiger partial charge in [-0.1, -0.05) is 12.1 Å². The van der Waals surface area contributed by atoms with Crippen LogP contribution >= 0.6 is 0 Å². The number of rotatable bonds is 4. The monoisotopic (exact) mass is 190 g/mol. The van der Waals surface area contributed by atoms with E-state index in [1.165, 1.54) is 0 Å². The van der Waals surface area contributed by atoms with Gasteiger partial charge >= 0.3 is 0 Å². The predicted octanol–water partition coefficient (Wildman–Crippen LogP) is 2.61. The Morgan fingerprint density at radius 3 is 2.79 bits per heavy atom. The Labute approximate surface area is 85.9 Å². The van der Waals surface area contributed by atoms with Gasteiger partial charge in [0.25, 0.3) is 0 Å². The van der Waals surface area contributed by atoms with Crippen LogP contribution in [0.3, 0.4) is 0 Å². The Morgan fingerprint density at radius 2 is 2.21 bits per heavy atom. The summed E-state index contributed by atoms with van der Waals surface area (Å²) in [6.07, 6.45) is 7.95. The molecule has 0 saturated heterocycles. The highest BCUT2D eigenvalue weighted by Gasteiger charge is 2.07. The lowest BCUT2D eigenvalue weighted by atomic mass is 10.00. The van der Waals surface area contributed by atoms with Gasteiger partial charge in [-0.05, 0) is 44.9 Å². The number of nitrogens with two attached hydrogens (primary N) is 1. The molecule has 1 aromatic rings. The second-order valence-electron chi connectivity index (χ2n) is 4.18. The van der Waals surface area contributed by atoms with Crippen molar-refractivity contribution in [3.05, 3.63) is 36.2 Å². The van der Waals surface area contributed by atoms with E-state index in [9.17, 15) is 0 Å². The molecule has 0 amide bonds. The third-order valence-electron chi connectivity index (χ3n) is 1.93. The third-order valence-corrected chi connectivity index (χ3v) is 1.93. The summed E-state index contributed by atoms with van der Waals surface area (Å²) < 4.78 is 0. The van der Waals surface area contributed by atoms with Gasteiger partial charge < -0.3 is 5.73 Å². The van der Waals surface area contributed by atoms with Crippen molar-refractivity contribution in [3.8, 4) is 0 Å². The van der Waals surface area contributed by atoms with Gasteiger partial charge in [0.15, 0.2) is 0 Å². The standard InChI is InChI=1S/C12H18N2/c1-12(2,13)9-5-3-7-11-8-4-6-10-14-11/h3-4,6-8,10H,5,9,13H2,1-2H3/b7-3+. The van der Waals surface area contributed by atoms with E-state index in [2.05, 4.69) is 11.1 Å². The summed E-state index contributed by atoms with van der Waals surface area (Å²) in [5.41, 5.74) is 6.79. The molecule has 2 nitrogen and oxygen atoms in total. The second-order valence-corrected chi connectivity index (χ2v) is 4.18. The lowest BCUT2D eigenvalue weighted by Gasteiger charge is -2.16. The molecule has 2 N–H and O–H groups in total. The smallest absolute Gasteiger partial charge is 0.0626 e. The van der Waals surface area contributed by atoms with Crippen molar-refractivity contribution in [2.75, 3.05) is 0 Å². The normalized spacial score (nSPS) is 12.2. The first-order chi connectivity index (χ1) is 6.58. The molecule has 0 atom stereocenters. The Hall–Kier alpha value is -1.15. The molecule has 0 radical (unpaired) electrons. The molecule has 0 bridgehead atoms. The molecule has 0 unspecified atom stereocenters. The molecule has 0 aliphatic heterocycles. The first-order valence-corrected chi connectivity index (χ1v) is 4.94. The molecule has 0 spiro atoms. The van der Waals surface area contributed by atoms with Crippen LogP contribution in [0, 0.1) is 0 Å². The minimum Gasteiger partial charge on any atom is -0.326 e. The van der Waals surface area contributed by atoms with Gasteiger partial charge in [0.2, 0.25) is 0 Å². The van der Waals surface area contributed by atoms with Crippen molar-refractivity contribution in [3.63, 3.8) is 0 Å². The zero-order valence-electron chi connectivity index (χ0n) is 8.90. The first kappa shape index (κ1) is 10.9. The summed E-state index contributed by atoms with van der Waals surface area (Å²) in [5, 5.41) is 0. The predicted molar refractivity (Wildman–Crippen MR) is 60.8 cm³/mol. The fraction of sp³-hybridized carbons (Fsp3) is 0.417. The van der Waals surface area contributed by atoms with Gasteiger partial charge in [-0.15, -0.1) is 0 Å². The molecule has 0 aliphatic carbocycles. The fourth-order valence-corrected chi connectivity index (χ4v) is 1.13. The molecule has 14 heavy (non-hydrogen) atoms. The molecule has 1 heterocycles. The average Bonchev–Trinajstić information content (AvgIpc) is 2.13. The van der Waals surface area contributed by atoms with Gasteiger partial charge in [-0.25, -0.2) is 0 Å². The lowest BCUT2D eigenvalue weighted by Crippen LogP contribution is -2.31. The van der Waals surface area contributed by atoms with E-state index in [4.69, 9.17) is 5.73 Å². The van der Waals surface area contributed by atoms with E-state index >= 15 is 0 Å². The summed E-state index contributed by atoms with van der Waals surface area (Å²) in [5.74, 6) is 0. The second kappa shape index (κ2) is 4.91. The summed E-state index contributed by atoms with van der Waals surface area (Å²) in [4.78, 5) is 4.19. The van der Waals surface area contributed by atoms with Crippen molar-refractivity contribution < 1.29 is 0 Å². The van der Waals surface area contributed by atoms with E-state index in [-0.39, 0.29) is 5.54 Å². The SMILES string of the molecule is CC(C)(N)CC/C=C/c1ccccn1. The topological polar surface area (TPSA) is 38.9 Å². The van der Waals surface area contributed by atoms with Crippen molar-refractivity contribution >= 4 is 6.08 Å². The van der Waals surface area contributed by atoms with Crippen molar-refractivity contribution in [1.82, 2.24) is 4.98 Å². The van der Waals surface area contributed by atoms with Crippen LogP contribution in [-0.2, 0) is 0 Å². The van der Waals surface area contributed by atoms with Gasteiger partial charge in [0.1, 0.15) is 0 Å². The number of pyridine rings is 1. The van der Waals surface area contributed by atoms with Gasteiger partial charge in [-0.3, -0.25) is 4.98 Å². The molecular formula is C12H18N2. The maximum Gasteiger partial charge on any atom is 0.0626 e. The Bertz CT molecular complexity index is 283. The Kier molecular flexibility index (Phi) is 3.84. The van der Waals surface area contributed by atoms with Gasteiger partial charge in [0, 0.05) is 11.7 Å². The van der Waals surface area contributed by atoms with Crippen LogP contribution in [0.1, 0.15) is 32.4 Å². The first-order valence-electron chi connectivity index (χ1n) is 4.94. The Balaban J connectivity index is 2.35. The number of allylic oxidation sites excluding steroid dienone is 1. The van der Waals surface area contributed by atoms with Crippen LogP contribution in [-0.4, -0.2) is 10.5 Å². The number of hydrogen-bond acceptors (Lipinski definition) is 2. The molecule has 0 aromatic carbocycles. The summed E-state index contributed by atoms with van der Waals surface area (Å²) in [6, 6.07) is 5.89. The zero-order chi connectivity index (χ0) is 10.4. The maximum atomic E-state index is 5.87. The van der Waals surface area contributed by atoms with Crippen LogP contribution in [0.5, 0.6) is 0 Å². The molecule has 1 aromatic heterocycles. The molecule has 76 valence electrons. The molecule has 0 fully saturated rings. The fourth-order valence-electron chi connectivity index (χ4n) is 1.13. The van der Waals surface area contributed by atoms with E-state index in [1.807, 2.05) is 38.1 Å². The van der Waals surface area contributed by atoms with Crippen LogP contribution < -0.4 is 5.73 Å². The lowest BCUT2D eigenvalue weighted by molar-refractivity contribution is 0.482. The minimum absolute atomic E-state index is 0.0749. The largest absolute Gasteiger partial charge is 0.326 e. The molecule has 0 aliphatic rings. The summed E-state index contributed by atoms with van der Waals surface area (Å²) in [6.45, 7) is 4.09. The van der Waals surface area contributed by atoms with E-state index in [0.717, 1.165) is 18.5 Å². The highest BCUT2D eigenvalue weighted by Crippen LogP contribution is 2.08. The maximum absolute atomic E-state index is 5.87. The third kappa shape index (κ3) is 4.77.